The second-order valence-electron chi connectivity index (χ2n) is 21.3. The van der Waals surface area contributed by atoms with E-state index in [4.69, 9.17) is 9.47 Å². The van der Waals surface area contributed by atoms with Crippen molar-refractivity contribution in [1.29, 1.82) is 0 Å². The maximum Gasteiger partial charge on any atom is 0.309 e. The number of carbonyl (C=O) groups excluding carboxylic acids is 2. The predicted octanol–water partition coefficient (Wildman–Crippen LogP) is 8.39. The Labute approximate surface area is 301 Å². The van der Waals surface area contributed by atoms with Gasteiger partial charge in [0.1, 0.15) is 6.10 Å². The molecule has 50 heavy (non-hydrogen) atoms. The summed E-state index contributed by atoms with van der Waals surface area (Å²) in [5.74, 6) is 1.50. The van der Waals surface area contributed by atoms with Gasteiger partial charge in [-0.05, 0) is 140 Å². The maximum atomic E-state index is 14.8. The first-order chi connectivity index (χ1) is 23.4. The first-order valence-corrected chi connectivity index (χ1v) is 20.7. The van der Waals surface area contributed by atoms with Crippen LogP contribution >= 0.6 is 0 Å². The molecule has 12 atom stereocenters. The van der Waals surface area contributed by atoms with Gasteiger partial charge in [-0.1, -0.05) is 55.4 Å². The lowest BCUT2D eigenvalue weighted by Gasteiger charge is -2.73. The Balaban J connectivity index is 1.05. The van der Waals surface area contributed by atoms with Gasteiger partial charge in [0.2, 0.25) is 5.91 Å². The van der Waals surface area contributed by atoms with Gasteiger partial charge in [0.15, 0.2) is 0 Å². The Morgan fingerprint density at radius 2 is 1.38 bits per heavy atom. The van der Waals surface area contributed by atoms with E-state index in [2.05, 4.69) is 46.4 Å². The van der Waals surface area contributed by atoms with Crippen LogP contribution in [0.2, 0.25) is 0 Å². The summed E-state index contributed by atoms with van der Waals surface area (Å²) in [5, 5.41) is 9.65. The van der Waals surface area contributed by atoms with Crippen molar-refractivity contribution in [2.24, 2.45) is 79.3 Å². The molecule has 7 heteroatoms. The number of fused-ring (bicyclic) bond motifs is 7. The summed E-state index contributed by atoms with van der Waals surface area (Å²) in [6, 6.07) is 0. The highest BCUT2D eigenvalue weighted by molar-refractivity contribution is 5.84. The van der Waals surface area contributed by atoms with Crippen molar-refractivity contribution >= 4 is 17.8 Å². The average molecular weight is 694 g/mol. The van der Waals surface area contributed by atoms with E-state index in [1.54, 1.807) is 0 Å². The van der Waals surface area contributed by atoms with Gasteiger partial charge in [-0.15, -0.1) is 0 Å². The SMILES string of the molecule is CC1([C@@H]2CC[C@]3(C(=O)N4CCOCC4)CC[C@]4(C)[C@H](CC[C@@H]5[C@@]6(C)CC[C@H](OC(=O)[C@H]7C[C@@H](C(=O)O)C7(C)C)C(C)(C)[C@@H]6CC[C@]54C)[C@@H]23)CC1. The summed E-state index contributed by atoms with van der Waals surface area (Å²) in [6.45, 7) is 21.9. The van der Waals surface area contributed by atoms with Crippen molar-refractivity contribution in [2.45, 2.75) is 145 Å². The van der Waals surface area contributed by atoms with E-state index in [-0.39, 0.29) is 45.1 Å². The summed E-state index contributed by atoms with van der Waals surface area (Å²) in [6.07, 6.45) is 14.3. The van der Waals surface area contributed by atoms with Crippen LogP contribution in [0, 0.1) is 79.3 Å². The minimum absolute atomic E-state index is 0.135. The molecule has 7 aliphatic carbocycles. The molecule has 1 aliphatic heterocycles. The van der Waals surface area contributed by atoms with E-state index in [0.29, 0.717) is 60.5 Å². The van der Waals surface area contributed by atoms with Crippen LogP contribution in [-0.2, 0) is 23.9 Å². The Morgan fingerprint density at radius 3 is 2.02 bits per heavy atom. The first kappa shape index (κ1) is 35.4. The van der Waals surface area contributed by atoms with Gasteiger partial charge in [-0.3, -0.25) is 14.4 Å². The van der Waals surface area contributed by atoms with Gasteiger partial charge in [0, 0.05) is 18.5 Å². The van der Waals surface area contributed by atoms with Gasteiger partial charge in [-0.2, -0.15) is 0 Å². The highest BCUT2D eigenvalue weighted by atomic mass is 16.5. The molecule has 1 heterocycles. The Morgan fingerprint density at radius 1 is 0.680 bits per heavy atom. The van der Waals surface area contributed by atoms with Crippen molar-refractivity contribution < 1.29 is 29.0 Å². The van der Waals surface area contributed by atoms with Gasteiger partial charge in [0.05, 0.1) is 30.5 Å². The van der Waals surface area contributed by atoms with Crippen molar-refractivity contribution in [3.8, 4) is 0 Å². The summed E-state index contributed by atoms with van der Waals surface area (Å²) < 4.78 is 12.1. The van der Waals surface area contributed by atoms with Crippen LogP contribution in [0.25, 0.3) is 0 Å². The fourth-order valence-corrected chi connectivity index (χ4v) is 15.5. The standard InChI is InChI=1S/C43H67NO6/c1-37(2)28(34(45)46)25-29(37)35(47)50-32-13-14-40(6)30(38(32,3)4)12-15-42(8)31(40)10-9-27-33-26(39(5)17-18-39)11-16-43(33,20-19-41(27,42)7)36(48)44-21-23-49-24-22-44/h26-33H,9-25H2,1-8H3,(H,45,46)/t26-,27-,28+,29-,30+,31-,32+,33-,40+,41-,42-,43+/m1/s1. The van der Waals surface area contributed by atoms with Crippen LogP contribution in [-0.4, -0.2) is 60.3 Å². The molecule has 0 bridgehead atoms. The third kappa shape index (κ3) is 4.58. The lowest BCUT2D eigenvalue weighted by atomic mass is 9.32. The van der Waals surface area contributed by atoms with E-state index in [9.17, 15) is 19.5 Å². The van der Waals surface area contributed by atoms with Crippen LogP contribution in [0.15, 0.2) is 0 Å². The molecule has 1 N–H and O–H groups in total. The molecule has 0 aromatic rings. The first-order valence-electron chi connectivity index (χ1n) is 20.7. The normalized spacial score (nSPS) is 49.6. The van der Waals surface area contributed by atoms with Gasteiger partial charge in [0.25, 0.3) is 0 Å². The molecule has 280 valence electrons. The molecule has 8 aliphatic rings. The molecule has 0 aromatic heterocycles. The minimum atomic E-state index is -0.806. The predicted molar refractivity (Wildman–Crippen MR) is 192 cm³/mol. The number of carboxylic acid groups (broad SMARTS) is 1. The second kappa shape index (κ2) is 11.2. The molecule has 0 radical (unpaired) electrons. The molecule has 7 saturated carbocycles. The van der Waals surface area contributed by atoms with E-state index in [1.165, 1.54) is 44.9 Å². The Bertz CT molecular complexity index is 1430. The van der Waals surface area contributed by atoms with E-state index >= 15 is 0 Å². The number of morpholine rings is 1. The smallest absolute Gasteiger partial charge is 0.309 e. The minimum Gasteiger partial charge on any atom is -0.481 e. The van der Waals surface area contributed by atoms with E-state index < -0.39 is 17.3 Å². The van der Waals surface area contributed by atoms with Crippen LogP contribution in [0.3, 0.4) is 0 Å². The zero-order valence-corrected chi connectivity index (χ0v) is 32.6. The summed E-state index contributed by atoms with van der Waals surface area (Å²) in [7, 11) is 0. The van der Waals surface area contributed by atoms with Crippen molar-refractivity contribution in [3.63, 3.8) is 0 Å². The van der Waals surface area contributed by atoms with Crippen LogP contribution in [0.1, 0.15) is 139 Å². The zero-order chi connectivity index (χ0) is 35.9. The third-order valence-corrected chi connectivity index (χ3v) is 19.1. The van der Waals surface area contributed by atoms with E-state index in [0.717, 1.165) is 45.2 Å². The average Bonchev–Trinajstić information content (AvgIpc) is 3.67. The lowest BCUT2D eigenvalue weighted by molar-refractivity contribution is -0.253. The molecule has 8 fully saturated rings. The Kier molecular flexibility index (Phi) is 7.93. The third-order valence-electron chi connectivity index (χ3n) is 19.1. The number of carbonyl (C=O) groups is 3. The van der Waals surface area contributed by atoms with Crippen LogP contribution in [0.4, 0.5) is 0 Å². The summed E-state index contributed by atoms with van der Waals surface area (Å²) in [4.78, 5) is 42.3. The van der Waals surface area contributed by atoms with Crippen LogP contribution in [0.5, 0.6) is 0 Å². The van der Waals surface area contributed by atoms with Gasteiger partial charge in [-0.25, -0.2) is 0 Å². The number of aliphatic carboxylic acids is 1. The lowest BCUT2D eigenvalue weighted by Crippen LogP contribution is -2.68. The largest absolute Gasteiger partial charge is 0.481 e. The zero-order valence-electron chi connectivity index (χ0n) is 32.6. The molecule has 0 unspecified atom stereocenters. The molecular weight excluding hydrogens is 626 g/mol. The van der Waals surface area contributed by atoms with Gasteiger partial charge < -0.3 is 19.5 Å². The monoisotopic (exact) mass is 693 g/mol. The number of amides is 1. The number of nitrogens with zero attached hydrogens (tertiary/aromatic N) is 1. The molecule has 0 spiro atoms. The molecule has 7 nitrogen and oxygen atoms in total. The number of rotatable bonds is 5. The summed E-state index contributed by atoms with van der Waals surface area (Å²) in [5.41, 5.74) is 0.108. The molecular formula is C43H67NO6. The number of hydrogen-bond donors (Lipinski definition) is 1. The van der Waals surface area contributed by atoms with Crippen molar-refractivity contribution in [2.75, 3.05) is 26.3 Å². The molecule has 0 aromatic carbocycles. The quantitative estimate of drug-likeness (QED) is 0.291. The fourth-order valence-electron chi connectivity index (χ4n) is 15.5. The molecule has 1 saturated heterocycles. The highest BCUT2D eigenvalue weighted by Gasteiger charge is 2.74. The number of ether oxygens (including phenoxy) is 2. The summed E-state index contributed by atoms with van der Waals surface area (Å²) >= 11 is 0. The topological polar surface area (TPSA) is 93.1 Å². The van der Waals surface area contributed by atoms with Crippen LogP contribution < -0.4 is 0 Å². The number of carboxylic acids is 1. The number of hydrogen-bond acceptors (Lipinski definition) is 5. The van der Waals surface area contributed by atoms with Gasteiger partial charge >= 0.3 is 11.9 Å². The van der Waals surface area contributed by atoms with E-state index in [1.807, 2.05) is 13.8 Å². The Hall–Kier alpha value is -1.63. The molecule has 8 rings (SSSR count). The highest BCUT2D eigenvalue weighted by Crippen LogP contribution is 2.79. The molecule has 1 amide bonds. The second-order valence-corrected chi connectivity index (χ2v) is 21.3. The van der Waals surface area contributed by atoms with Crippen molar-refractivity contribution in [3.05, 3.63) is 0 Å². The fraction of sp³-hybridized carbons (Fsp3) is 0.930. The maximum absolute atomic E-state index is 14.8. The van der Waals surface area contributed by atoms with Crippen molar-refractivity contribution in [1.82, 2.24) is 4.90 Å². The number of esters is 1.